The number of hydrogen-bond donors (Lipinski definition) is 2. The first-order valence-electron chi connectivity index (χ1n) is 7.34. The smallest absolute Gasteiger partial charge is 0.164 e. The van der Waals surface area contributed by atoms with Gasteiger partial charge < -0.3 is 15.2 Å². The minimum atomic E-state index is 0.0596. The van der Waals surface area contributed by atoms with Gasteiger partial charge in [0.25, 0.3) is 0 Å². The van der Waals surface area contributed by atoms with Crippen LogP contribution in [0, 0.1) is 0 Å². The van der Waals surface area contributed by atoms with E-state index in [-0.39, 0.29) is 11.5 Å². The number of nitrogens with one attached hydrogen (secondary N) is 1. The summed E-state index contributed by atoms with van der Waals surface area (Å²) >= 11 is 0. The Morgan fingerprint density at radius 1 is 1.35 bits per heavy atom. The van der Waals surface area contributed by atoms with Crippen molar-refractivity contribution in [2.75, 3.05) is 13.7 Å². The zero-order chi connectivity index (χ0) is 14.4. The maximum absolute atomic E-state index is 12.1. The molecule has 0 saturated heterocycles. The predicted octanol–water partition coefficient (Wildman–Crippen LogP) is 2.90. The summed E-state index contributed by atoms with van der Waals surface area (Å²) in [5.41, 5.74) is 0.588. The number of Topliss-reactive ketones (excluding diaryl/α,β-unsaturated/α-hetero) is 1. The number of methoxy groups -OCH3 is 1. The van der Waals surface area contributed by atoms with Gasteiger partial charge in [0.15, 0.2) is 17.3 Å². The van der Waals surface area contributed by atoms with Gasteiger partial charge in [-0.05, 0) is 31.0 Å². The van der Waals surface area contributed by atoms with E-state index < -0.39 is 0 Å². The number of hydrogen-bond acceptors (Lipinski definition) is 4. The Balaban J connectivity index is 1.82. The minimum Gasteiger partial charge on any atom is -0.504 e. The fourth-order valence-electron chi connectivity index (χ4n) is 2.69. The second-order valence-corrected chi connectivity index (χ2v) is 5.35. The average Bonchev–Trinajstić information content (AvgIpc) is 2.48. The molecule has 110 valence electrons. The third-order valence-corrected chi connectivity index (χ3v) is 3.89. The summed E-state index contributed by atoms with van der Waals surface area (Å²) in [7, 11) is 1.48. The molecule has 4 heteroatoms. The van der Waals surface area contributed by atoms with Crippen molar-refractivity contribution in [1.29, 1.82) is 0 Å². The summed E-state index contributed by atoms with van der Waals surface area (Å²) in [5.74, 6) is 0.479. The summed E-state index contributed by atoms with van der Waals surface area (Å²) in [4.78, 5) is 12.1. The van der Waals surface area contributed by atoms with E-state index in [4.69, 9.17) is 4.74 Å². The van der Waals surface area contributed by atoms with Crippen LogP contribution in [0.4, 0.5) is 0 Å². The summed E-state index contributed by atoms with van der Waals surface area (Å²) in [6, 6.07) is 5.31. The number of ketones is 1. The van der Waals surface area contributed by atoms with Crippen LogP contribution in [0.15, 0.2) is 18.2 Å². The standard InChI is InChI=1S/C16H23NO3/c1-20-16-11-12(7-8-15(16)19)14(18)9-10-17-13-5-3-2-4-6-13/h7-8,11,13,17,19H,2-6,9-10H2,1H3. The molecule has 2 rings (SSSR count). The normalized spacial score (nSPS) is 16.1. The van der Waals surface area contributed by atoms with Gasteiger partial charge in [-0.3, -0.25) is 4.79 Å². The molecule has 0 aromatic heterocycles. The Bertz CT molecular complexity index is 453. The highest BCUT2D eigenvalue weighted by Crippen LogP contribution is 2.26. The van der Waals surface area contributed by atoms with Crippen molar-refractivity contribution in [3.63, 3.8) is 0 Å². The highest BCUT2D eigenvalue weighted by Gasteiger charge is 2.14. The van der Waals surface area contributed by atoms with Gasteiger partial charge in [-0.25, -0.2) is 0 Å². The molecule has 0 unspecified atom stereocenters. The van der Waals surface area contributed by atoms with Gasteiger partial charge in [-0.1, -0.05) is 19.3 Å². The molecule has 0 bridgehead atoms. The number of ether oxygens (including phenoxy) is 1. The van der Waals surface area contributed by atoms with Crippen molar-refractivity contribution in [1.82, 2.24) is 5.32 Å². The monoisotopic (exact) mass is 277 g/mol. The number of aromatic hydroxyl groups is 1. The summed E-state index contributed by atoms with van der Waals surface area (Å²) in [6.07, 6.45) is 6.85. The first-order chi connectivity index (χ1) is 9.70. The second-order valence-electron chi connectivity index (χ2n) is 5.35. The Hall–Kier alpha value is -1.55. The molecular weight excluding hydrogens is 254 g/mol. The van der Waals surface area contributed by atoms with Crippen molar-refractivity contribution in [2.24, 2.45) is 0 Å². The number of carbonyl (C=O) groups is 1. The molecule has 1 aliphatic carbocycles. The van der Waals surface area contributed by atoms with E-state index in [2.05, 4.69) is 5.32 Å². The molecule has 1 saturated carbocycles. The maximum Gasteiger partial charge on any atom is 0.164 e. The van der Waals surface area contributed by atoms with E-state index in [0.29, 0.717) is 30.3 Å². The third kappa shape index (κ3) is 3.97. The average molecular weight is 277 g/mol. The SMILES string of the molecule is COc1cc(C(=O)CCNC2CCCCC2)ccc1O. The molecule has 20 heavy (non-hydrogen) atoms. The second kappa shape index (κ2) is 7.29. The number of rotatable bonds is 6. The molecule has 0 heterocycles. The van der Waals surface area contributed by atoms with Crippen LogP contribution in [-0.2, 0) is 0 Å². The molecule has 1 aromatic rings. The van der Waals surface area contributed by atoms with Gasteiger partial charge in [0.1, 0.15) is 0 Å². The predicted molar refractivity (Wildman–Crippen MR) is 78.5 cm³/mol. The molecule has 0 aliphatic heterocycles. The lowest BCUT2D eigenvalue weighted by atomic mass is 9.95. The van der Waals surface area contributed by atoms with Gasteiger partial charge in [0.2, 0.25) is 0 Å². The van der Waals surface area contributed by atoms with Crippen molar-refractivity contribution in [3.8, 4) is 11.5 Å². The van der Waals surface area contributed by atoms with Crippen molar-refractivity contribution >= 4 is 5.78 Å². The number of benzene rings is 1. The molecule has 1 fully saturated rings. The molecule has 0 atom stereocenters. The van der Waals surface area contributed by atoms with Crippen molar-refractivity contribution in [3.05, 3.63) is 23.8 Å². The van der Waals surface area contributed by atoms with Crippen molar-refractivity contribution in [2.45, 2.75) is 44.6 Å². The number of phenolic OH excluding ortho intramolecular Hbond substituents is 1. The maximum atomic E-state index is 12.1. The Labute approximate surface area is 120 Å². The molecule has 0 spiro atoms. The minimum absolute atomic E-state index is 0.0596. The van der Waals surface area contributed by atoms with E-state index in [1.807, 2.05) is 0 Å². The fourth-order valence-corrected chi connectivity index (χ4v) is 2.69. The van der Waals surface area contributed by atoms with E-state index >= 15 is 0 Å². The Morgan fingerprint density at radius 3 is 2.80 bits per heavy atom. The zero-order valence-corrected chi connectivity index (χ0v) is 12.0. The first-order valence-corrected chi connectivity index (χ1v) is 7.34. The lowest BCUT2D eigenvalue weighted by Gasteiger charge is -2.22. The van der Waals surface area contributed by atoms with Gasteiger partial charge in [0.05, 0.1) is 7.11 Å². The van der Waals surface area contributed by atoms with Crippen LogP contribution in [0.2, 0.25) is 0 Å². The lowest BCUT2D eigenvalue weighted by Crippen LogP contribution is -2.32. The topological polar surface area (TPSA) is 58.6 Å². The van der Waals surface area contributed by atoms with E-state index in [1.54, 1.807) is 12.1 Å². The van der Waals surface area contributed by atoms with Gasteiger partial charge in [0, 0.05) is 24.6 Å². The van der Waals surface area contributed by atoms with Crippen LogP contribution in [0.25, 0.3) is 0 Å². The van der Waals surface area contributed by atoms with Gasteiger partial charge in [-0.2, -0.15) is 0 Å². The largest absolute Gasteiger partial charge is 0.504 e. The zero-order valence-electron chi connectivity index (χ0n) is 12.0. The Morgan fingerprint density at radius 2 is 2.10 bits per heavy atom. The van der Waals surface area contributed by atoms with Crippen LogP contribution in [0.5, 0.6) is 11.5 Å². The van der Waals surface area contributed by atoms with Crippen LogP contribution >= 0.6 is 0 Å². The van der Waals surface area contributed by atoms with Gasteiger partial charge >= 0.3 is 0 Å². The van der Waals surface area contributed by atoms with Crippen molar-refractivity contribution < 1.29 is 14.6 Å². The highest BCUT2D eigenvalue weighted by atomic mass is 16.5. The molecule has 0 radical (unpaired) electrons. The van der Waals surface area contributed by atoms with Crippen LogP contribution in [0.1, 0.15) is 48.9 Å². The lowest BCUT2D eigenvalue weighted by molar-refractivity contribution is 0.0980. The van der Waals surface area contributed by atoms with Crippen LogP contribution in [0.3, 0.4) is 0 Å². The quantitative estimate of drug-likeness (QED) is 0.785. The highest BCUT2D eigenvalue weighted by molar-refractivity contribution is 5.96. The molecule has 1 aromatic carbocycles. The van der Waals surface area contributed by atoms with E-state index in [9.17, 15) is 9.90 Å². The third-order valence-electron chi connectivity index (χ3n) is 3.89. The summed E-state index contributed by atoms with van der Waals surface area (Å²) in [6.45, 7) is 0.715. The molecule has 4 nitrogen and oxygen atoms in total. The number of carbonyl (C=O) groups excluding carboxylic acids is 1. The number of phenols is 1. The summed E-state index contributed by atoms with van der Waals surface area (Å²) < 4.78 is 5.02. The Kier molecular flexibility index (Phi) is 5.41. The molecule has 2 N–H and O–H groups in total. The molecule has 0 amide bonds. The van der Waals surface area contributed by atoms with Crippen LogP contribution in [-0.4, -0.2) is 30.6 Å². The van der Waals surface area contributed by atoms with Crippen LogP contribution < -0.4 is 10.1 Å². The fraction of sp³-hybridized carbons (Fsp3) is 0.562. The van der Waals surface area contributed by atoms with E-state index in [0.717, 1.165) is 0 Å². The van der Waals surface area contributed by atoms with E-state index in [1.165, 1.54) is 45.3 Å². The molecular formula is C16H23NO3. The van der Waals surface area contributed by atoms with Gasteiger partial charge in [-0.15, -0.1) is 0 Å². The first kappa shape index (κ1) is 14.9. The molecule has 1 aliphatic rings. The summed E-state index contributed by atoms with van der Waals surface area (Å²) in [5, 5.41) is 13.0.